The van der Waals surface area contributed by atoms with E-state index in [0.717, 1.165) is 16.4 Å². The third-order valence-electron chi connectivity index (χ3n) is 2.14. The van der Waals surface area contributed by atoms with Crippen LogP contribution in [0.4, 0.5) is 4.79 Å². The van der Waals surface area contributed by atoms with Crippen LogP contribution >= 0.6 is 11.8 Å². The minimum absolute atomic E-state index is 0.0927. The van der Waals surface area contributed by atoms with Crippen LogP contribution in [0.3, 0.4) is 0 Å². The highest BCUT2D eigenvalue weighted by Crippen LogP contribution is 2.18. The summed E-state index contributed by atoms with van der Waals surface area (Å²) >= 11 is 0.926. The highest BCUT2D eigenvalue weighted by Gasteiger charge is 2.19. The lowest BCUT2D eigenvalue weighted by Gasteiger charge is -2.11. The van der Waals surface area contributed by atoms with E-state index in [2.05, 4.69) is 20.8 Å². The van der Waals surface area contributed by atoms with E-state index in [1.165, 1.54) is 14.0 Å². The van der Waals surface area contributed by atoms with E-state index >= 15 is 0 Å². The molecule has 0 saturated carbocycles. The molecule has 4 N–H and O–H groups in total. The molecular formula is C9H14N6O3S. The van der Waals surface area contributed by atoms with E-state index in [-0.39, 0.29) is 10.9 Å². The van der Waals surface area contributed by atoms with Gasteiger partial charge < -0.3 is 11.2 Å². The molecule has 19 heavy (non-hydrogen) atoms. The van der Waals surface area contributed by atoms with Crippen molar-refractivity contribution in [1.29, 1.82) is 0 Å². The molecule has 0 aliphatic rings. The topological polar surface area (TPSA) is 132 Å². The maximum atomic E-state index is 11.6. The summed E-state index contributed by atoms with van der Waals surface area (Å²) in [5, 5.41) is 11.2. The molecule has 104 valence electrons. The number of hydrogen-bond donors (Lipinski definition) is 3. The number of nitrogens with two attached hydrogens (primary N) is 1. The van der Waals surface area contributed by atoms with Gasteiger partial charge in [-0.05, 0) is 13.8 Å². The van der Waals surface area contributed by atoms with Gasteiger partial charge in [0.1, 0.15) is 5.69 Å². The number of urea groups is 1. The molecule has 10 heteroatoms. The second-order valence-corrected chi connectivity index (χ2v) is 4.88. The van der Waals surface area contributed by atoms with Crippen molar-refractivity contribution in [3.8, 4) is 0 Å². The van der Waals surface area contributed by atoms with Gasteiger partial charge in [0.25, 0.3) is 5.56 Å². The highest BCUT2D eigenvalue weighted by atomic mass is 32.2. The van der Waals surface area contributed by atoms with Crippen molar-refractivity contribution >= 4 is 23.7 Å². The summed E-state index contributed by atoms with van der Waals surface area (Å²) in [5.74, 6) is 5.00. The summed E-state index contributed by atoms with van der Waals surface area (Å²) < 4.78 is 0.816. The van der Waals surface area contributed by atoms with E-state index in [1.54, 1.807) is 6.92 Å². The van der Waals surface area contributed by atoms with Crippen molar-refractivity contribution in [2.75, 3.05) is 12.9 Å². The Labute approximate surface area is 112 Å². The van der Waals surface area contributed by atoms with Crippen LogP contribution in [0.5, 0.6) is 0 Å². The number of carbonyl (C=O) groups excluding carboxylic acids is 2. The molecule has 0 radical (unpaired) electrons. The molecule has 1 atom stereocenters. The average molecular weight is 286 g/mol. The molecule has 9 nitrogen and oxygen atoms in total. The van der Waals surface area contributed by atoms with Gasteiger partial charge in [-0.25, -0.2) is 4.79 Å². The van der Waals surface area contributed by atoms with Crippen LogP contribution in [0.2, 0.25) is 0 Å². The average Bonchev–Trinajstić information content (AvgIpc) is 2.39. The fourth-order valence-electron chi connectivity index (χ4n) is 1.04. The lowest BCUT2D eigenvalue weighted by Crippen LogP contribution is -2.41. The van der Waals surface area contributed by atoms with Crippen LogP contribution in [0, 0.1) is 6.92 Å². The van der Waals surface area contributed by atoms with E-state index in [1.807, 2.05) is 0 Å². The maximum Gasteiger partial charge on any atom is 0.321 e. The normalized spacial score (nSPS) is 11.7. The van der Waals surface area contributed by atoms with Crippen molar-refractivity contribution in [2.45, 2.75) is 24.3 Å². The number of thioether (sulfide) groups is 1. The molecular weight excluding hydrogens is 272 g/mol. The van der Waals surface area contributed by atoms with Gasteiger partial charge in [-0.1, -0.05) is 11.8 Å². The summed E-state index contributed by atoms with van der Waals surface area (Å²) in [5.41, 5.74) is -0.328. The minimum atomic E-state index is -0.663. The van der Waals surface area contributed by atoms with Crippen LogP contribution in [-0.2, 0) is 4.79 Å². The molecule has 1 rings (SSSR count). The van der Waals surface area contributed by atoms with E-state index in [0.29, 0.717) is 0 Å². The molecule has 0 fully saturated rings. The zero-order valence-corrected chi connectivity index (χ0v) is 11.4. The number of amides is 3. The van der Waals surface area contributed by atoms with Crippen LogP contribution in [0.25, 0.3) is 0 Å². The van der Waals surface area contributed by atoms with Crippen molar-refractivity contribution in [3.63, 3.8) is 0 Å². The third-order valence-corrected chi connectivity index (χ3v) is 3.19. The standard InChI is InChI=1S/C9H14N6O3S/c1-4-7(17)15(10)9(14-13-4)19-5(2)6(16)12-8(18)11-3/h5H,10H2,1-3H3,(H2,11,12,16,18)/t5-/m0/s1. The highest BCUT2D eigenvalue weighted by molar-refractivity contribution is 8.00. The number of aryl methyl sites for hydroxylation is 1. The minimum Gasteiger partial charge on any atom is -0.341 e. The zero-order chi connectivity index (χ0) is 14.6. The summed E-state index contributed by atoms with van der Waals surface area (Å²) in [6.07, 6.45) is 0. The van der Waals surface area contributed by atoms with Crippen LogP contribution < -0.4 is 22.0 Å². The second-order valence-electron chi connectivity index (χ2n) is 3.57. The number of hydrogen-bond acceptors (Lipinski definition) is 7. The molecule has 1 aromatic rings. The van der Waals surface area contributed by atoms with Gasteiger partial charge in [0.2, 0.25) is 11.1 Å². The van der Waals surface area contributed by atoms with Crippen LogP contribution in [-0.4, -0.2) is 39.1 Å². The molecule has 1 aromatic heterocycles. The Morgan fingerprint density at radius 1 is 1.42 bits per heavy atom. The summed E-state index contributed by atoms with van der Waals surface area (Å²) in [6, 6.07) is -0.613. The van der Waals surface area contributed by atoms with Gasteiger partial charge in [-0.3, -0.25) is 14.9 Å². The fraction of sp³-hybridized carbons (Fsp3) is 0.444. The Hall–Kier alpha value is -2.10. The Kier molecular flexibility index (Phi) is 4.87. The summed E-state index contributed by atoms with van der Waals surface area (Å²) in [7, 11) is 1.39. The Bertz CT molecular complexity index is 557. The number of aromatic nitrogens is 3. The number of nitrogen functional groups attached to an aromatic ring is 1. The summed E-state index contributed by atoms with van der Waals surface area (Å²) in [4.78, 5) is 34.1. The maximum absolute atomic E-state index is 11.6. The van der Waals surface area contributed by atoms with Gasteiger partial charge in [-0.15, -0.1) is 10.2 Å². The molecule has 0 aliphatic heterocycles. The SMILES string of the molecule is CNC(=O)NC(=O)[C@H](C)Sc1nnc(C)c(=O)n1N. The third kappa shape index (κ3) is 3.68. The lowest BCUT2D eigenvalue weighted by molar-refractivity contribution is -0.119. The quantitative estimate of drug-likeness (QED) is 0.459. The smallest absolute Gasteiger partial charge is 0.321 e. The van der Waals surface area contributed by atoms with Gasteiger partial charge >= 0.3 is 6.03 Å². The largest absolute Gasteiger partial charge is 0.341 e. The molecule has 0 spiro atoms. The van der Waals surface area contributed by atoms with Crippen molar-refractivity contribution in [1.82, 2.24) is 25.5 Å². The van der Waals surface area contributed by atoms with Gasteiger partial charge in [-0.2, -0.15) is 4.68 Å². The van der Waals surface area contributed by atoms with E-state index in [4.69, 9.17) is 5.84 Å². The molecule has 0 bridgehead atoms. The number of nitrogens with one attached hydrogen (secondary N) is 2. The van der Waals surface area contributed by atoms with Crippen molar-refractivity contribution in [2.24, 2.45) is 0 Å². The predicted molar refractivity (Wildman–Crippen MR) is 69.1 cm³/mol. The van der Waals surface area contributed by atoms with Gasteiger partial charge in [0, 0.05) is 7.05 Å². The molecule has 1 heterocycles. The van der Waals surface area contributed by atoms with E-state index < -0.39 is 22.7 Å². The number of rotatable bonds is 3. The molecule has 0 aromatic carbocycles. The first-order valence-electron chi connectivity index (χ1n) is 5.27. The van der Waals surface area contributed by atoms with Crippen molar-refractivity contribution < 1.29 is 9.59 Å². The summed E-state index contributed by atoms with van der Waals surface area (Å²) in [6.45, 7) is 3.03. The monoisotopic (exact) mass is 286 g/mol. The zero-order valence-electron chi connectivity index (χ0n) is 10.6. The van der Waals surface area contributed by atoms with E-state index in [9.17, 15) is 14.4 Å². The Morgan fingerprint density at radius 3 is 2.63 bits per heavy atom. The first kappa shape index (κ1) is 15.0. The number of carbonyl (C=O) groups is 2. The Balaban J connectivity index is 2.80. The molecule has 0 unspecified atom stereocenters. The Morgan fingerprint density at radius 2 is 2.05 bits per heavy atom. The molecule has 0 aliphatic carbocycles. The lowest BCUT2D eigenvalue weighted by atomic mass is 10.4. The predicted octanol–water partition coefficient (Wildman–Crippen LogP) is -1.40. The van der Waals surface area contributed by atoms with Crippen molar-refractivity contribution in [3.05, 3.63) is 16.0 Å². The van der Waals surface area contributed by atoms with Gasteiger partial charge in [0.15, 0.2) is 0 Å². The molecule has 3 amide bonds. The van der Waals surface area contributed by atoms with Crippen LogP contribution in [0.1, 0.15) is 12.6 Å². The van der Waals surface area contributed by atoms with Crippen LogP contribution in [0.15, 0.2) is 9.95 Å². The number of nitrogens with zero attached hydrogens (tertiary/aromatic N) is 3. The first-order chi connectivity index (χ1) is 8.86. The fourth-order valence-corrected chi connectivity index (χ4v) is 1.80. The molecule has 0 saturated heterocycles. The van der Waals surface area contributed by atoms with Gasteiger partial charge in [0.05, 0.1) is 5.25 Å². The second kappa shape index (κ2) is 6.18. The first-order valence-corrected chi connectivity index (χ1v) is 6.15. The number of imide groups is 1.